The average molecular weight is 448 g/mol. The summed E-state index contributed by atoms with van der Waals surface area (Å²) < 4.78 is 0. The standard InChI is InChI=1S/C25H29N5O3/c31-22(32)25(7-8-25)19-5-3-15(4-6-19)18-11-29(12-18)23(33)30-13-24(14-30)9-17(10-24)21-26-20(27-28-21)16-1-2-16/h3-6,16-18H,1-2,7-14H2,(H,31,32)(H,26,27,28). The first-order chi connectivity index (χ1) is 15.9. The highest BCUT2D eigenvalue weighted by Gasteiger charge is 2.56. The molecule has 2 aromatic rings. The van der Waals surface area contributed by atoms with E-state index in [1.165, 1.54) is 18.4 Å². The van der Waals surface area contributed by atoms with Gasteiger partial charge in [-0.1, -0.05) is 24.3 Å². The number of amides is 2. The van der Waals surface area contributed by atoms with Crippen LogP contribution in [0.2, 0.25) is 0 Å². The van der Waals surface area contributed by atoms with E-state index in [-0.39, 0.29) is 11.4 Å². The molecule has 2 saturated heterocycles. The maximum absolute atomic E-state index is 12.9. The normalized spacial score (nSPS) is 25.3. The van der Waals surface area contributed by atoms with Crippen LogP contribution in [0.5, 0.6) is 0 Å². The molecule has 7 rings (SSSR count). The Balaban J connectivity index is 0.892. The molecule has 1 aromatic heterocycles. The SMILES string of the molecule is O=C(N1CC(c2ccc(C3(C(=O)O)CC3)cc2)C1)N1CC2(CC(c3nnc(C4CC4)[nH]3)C2)C1. The quantitative estimate of drug-likeness (QED) is 0.733. The van der Waals surface area contributed by atoms with Crippen LogP contribution in [0.15, 0.2) is 24.3 Å². The number of carboxylic acid groups (broad SMARTS) is 1. The van der Waals surface area contributed by atoms with E-state index in [0.717, 1.165) is 69.1 Å². The summed E-state index contributed by atoms with van der Waals surface area (Å²) in [5.74, 6) is 2.81. The summed E-state index contributed by atoms with van der Waals surface area (Å²) in [6.45, 7) is 3.21. The Labute approximate surface area is 192 Å². The minimum absolute atomic E-state index is 0.162. The van der Waals surface area contributed by atoms with E-state index < -0.39 is 11.4 Å². The van der Waals surface area contributed by atoms with Gasteiger partial charge in [-0.25, -0.2) is 4.79 Å². The van der Waals surface area contributed by atoms with Gasteiger partial charge in [0.15, 0.2) is 0 Å². The van der Waals surface area contributed by atoms with Crippen LogP contribution in [0.1, 0.15) is 79.1 Å². The fourth-order valence-corrected chi connectivity index (χ4v) is 6.22. The molecule has 8 nitrogen and oxygen atoms in total. The van der Waals surface area contributed by atoms with Crippen molar-refractivity contribution in [1.82, 2.24) is 25.0 Å². The fraction of sp³-hybridized carbons (Fsp3) is 0.600. The number of nitrogens with one attached hydrogen (secondary N) is 1. The molecule has 5 fully saturated rings. The number of carbonyl (C=O) groups is 2. The molecule has 3 heterocycles. The molecule has 2 N–H and O–H groups in total. The van der Waals surface area contributed by atoms with Crippen LogP contribution in [0, 0.1) is 5.41 Å². The molecule has 3 aliphatic carbocycles. The van der Waals surface area contributed by atoms with Gasteiger partial charge in [-0.3, -0.25) is 4.79 Å². The lowest BCUT2D eigenvalue weighted by molar-refractivity contribution is -0.140. The maximum Gasteiger partial charge on any atom is 0.320 e. The van der Waals surface area contributed by atoms with Crippen LogP contribution < -0.4 is 0 Å². The molecule has 0 bridgehead atoms. The van der Waals surface area contributed by atoms with Crippen molar-refractivity contribution in [3.05, 3.63) is 47.0 Å². The van der Waals surface area contributed by atoms with Gasteiger partial charge in [-0.2, -0.15) is 0 Å². The van der Waals surface area contributed by atoms with Gasteiger partial charge in [-0.05, 0) is 49.7 Å². The van der Waals surface area contributed by atoms with E-state index >= 15 is 0 Å². The smallest absolute Gasteiger partial charge is 0.320 e. The number of hydrogen-bond donors (Lipinski definition) is 2. The van der Waals surface area contributed by atoms with E-state index in [1.807, 2.05) is 21.9 Å². The first-order valence-electron chi connectivity index (χ1n) is 12.2. The summed E-state index contributed by atoms with van der Waals surface area (Å²) >= 11 is 0. The van der Waals surface area contributed by atoms with Crippen molar-refractivity contribution in [1.29, 1.82) is 0 Å². The van der Waals surface area contributed by atoms with Gasteiger partial charge in [0.05, 0.1) is 5.41 Å². The lowest BCUT2D eigenvalue weighted by Gasteiger charge is -2.59. The second-order valence-corrected chi connectivity index (χ2v) is 11.2. The summed E-state index contributed by atoms with van der Waals surface area (Å²) in [6.07, 6.45) is 6.12. The van der Waals surface area contributed by atoms with Crippen LogP contribution in [0.3, 0.4) is 0 Å². The van der Waals surface area contributed by atoms with Crippen LogP contribution in [-0.4, -0.2) is 68.3 Å². The molecular weight excluding hydrogens is 418 g/mol. The fourth-order valence-electron chi connectivity index (χ4n) is 6.22. The zero-order valence-corrected chi connectivity index (χ0v) is 18.7. The Bertz CT molecular complexity index is 1110. The third kappa shape index (κ3) is 3.02. The van der Waals surface area contributed by atoms with Crippen molar-refractivity contribution in [2.75, 3.05) is 26.2 Å². The highest BCUT2D eigenvalue weighted by atomic mass is 16.4. The van der Waals surface area contributed by atoms with E-state index in [2.05, 4.69) is 27.3 Å². The van der Waals surface area contributed by atoms with Crippen molar-refractivity contribution >= 4 is 12.0 Å². The molecule has 0 radical (unpaired) electrons. The number of aromatic nitrogens is 3. The number of rotatable bonds is 5. The molecule has 3 saturated carbocycles. The summed E-state index contributed by atoms with van der Waals surface area (Å²) in [6, 6.07) is 8.20. The predicted molar refractivity (Wildman–Crippen MR) is 119 cm³/mol. The van der Waals surface area contributed by atoms with Gasteiger partial charge in [0.2, 0.25) is 0 Å². The molecular formula is C25H29N5O3. The molecule has 172 valence electrons. The Hall–Kier alpha value is -2.90. The number of benzene rings is 1. The zero-order valence-electron chi connectivity index (χ0n) is 18.7. The molecule has 0 atom stereocenters. The molecule has 8 heteroatoms. The first kappa shape index (κ1) is 19.6. The molecule has 5 aliphatic rings. The first-order valence-corrected chi connectivity index (χ1v) is 12.2. The Morgan fingerprint density at radius 3 is 2.12 bits per heavy atom. The molecule has 1 aromatic carbocycles. The second kappa shape index (κ2) is 6.58. The zero-order chi connectivity index (χ0) is 22.4. The van der Waals surface area contributed by atoms with Crippen molar-refractivity contribution in [3.63, 3.8) is 0 Å². The molecule has 1 spiro atoms. The number of likely N-dealkylation sites (tertiary alicyclic amines) is 2. The van der Waals surface area contributed by atoms with Crippen molar-refractivity contribution < 1.29 is 14.7 Å². The number of aliphatic carboxylic acids is 1. The molecule has 2 aliphatic heterocycles. The van der Waals surface area contributed by atoms with E-state index in [0.29, 0.717) is 17.8 Å². The van der Waals surface area contributed by atoms with Crippen LogP contribution in [-0.2, 0) is 10.2 Å². The van der Waals surface area contributed by atoms with Crippen molar-refractivity contribution in [2.24, 2.45) is 5.41 Å². The monoisotopic (exact) mass is 447 g/mol. The highest BCUT2D eigenvalue weighted by Crippen LogP contribution is 2.56. The van der Waals surface area contributed by atoms with Crippen LogP contribution in [0.4, 0.5) is 4.79 Å². The Morgan fingerprint density at radius 1 is 0.909 bits per heavy atom. The Morgan fingerprint density at radius 2 is 1.55 bits per heavy atom. The van der Waals surface area contributed by atoms with Crippen molar-refractivity contribution in [2.45, 2.75) is 61.7 Å². The number of hydrogen-bond acceptors (Lipinski definition) is 4. The highest BCUT2D eigenvalue weighted by molar-refractivity contribution is 5.85. The van der Waals surface area contributed by atoms with E-state index in [1.54, 1.807) is 0 Å². The Kier molecular flexibility index (Phi) is 3.90. The summed E-state index contributed by atoms with van der Waals surface area (Å²) in [5, 5.41) is 18.2. The van der Waals surface area contributed by atoms with Gasteiger partial charge < -0.3 is 19.9 Å². The minimum Gasteiger partial charge on any atom is -0.481 e. The molecule has 0 unspecified atom stereocenters. The van der Waals surface area contributed by atoms with E-state index in [4.69, 9.17) is 0 Å². The summed E-state index contributed by atoms with van der Waals surface area (Å²) in [4.78, 5) is 31.8. The van der Waals surface area contributed by atoms with Crippen LogP contribution in [0.25, 0.3) is 0 Å². The lowest BCUT2D eigenvalue weighted by atomic mass is 9.57. The second-order valence-electron chi connectivity index (χ2n) is 11.2. The van der Waals surface area contributed by atoms with E-state index in [9.17, 15) is 14.7 Å². The van der Waals surface area contributed by atoms with Gasteiger partial charge in [0.1, 0.15) is 11.6 Å². The predicted octanol–water partition coefficient (Wildman–Crippen LogP) is 3.20. The molecule has 2 amide bonds. The van der Waals surface area contributed by atoms with Gasteiger partial charge in [0.25, 0.3) is 0 Å². The number of nitrogens with zero attached hydrogens (tertiary/aromatic N) is 4. The topological polar surface area (TPSA) is 102 Å². The van der Waals surface area contributed by atoms with Gasteiger partial charge in [-0.15, -0.1) is 10.2 Å². The summed E-state index contributed by atoms with van der Waals surface area (Å²) in [5.41, 5.74) is 1.74. The lowest BCUT2D eigenvalue weighted by Crippen LogP contribution is -2.67. The third-order valence-electron chi connectivity index (χ3n) is 8.80. The van der Waals surface area contributed by atoms with Crippen molar-refractivity contribution in [3.8, 4) is 0 Å². The average Bonchev–Trinajstić information content (AvgIpc) is 3.64. The molecule has 33 heavy (non-hydrogen) atoms. The third-order valence-corrected chi connectivity index (χ3v) is 8.80. The number of carbonyl (C=O) groups excluding carboxylic acids is 1. The maximum atomic E-state index is 12.9. The summed E-state index contributed by atoms with van der Waals surface area (Å²) in [7, 11) is 0. The number of H-pyrrole nitrogens is 1. The van der Waals surface area contributed by atoms with Gasteiger partial charge in [0, 0.05) is 49.3 Å². The minimum atomic E-state index is -0.718. The number of carboxylic acids is 1. The number of urea groups is 1. The largest absolute Gasteiger partial charge is 0.481 e. The number of aromatic amines is 1. The van der Waals surface area contributed by atoms with Gasteiger partial charge >= 0.3 is 12.0 Å². The van der Waals surface area contributed by atoms with Crippen LogP contribution >= 0.6 is 0 Å².